The largest absolute Gasteiger partial charge is 0.497 e. The van der Waals surface area contributed by atoms with Crippen LogP contribution in [0.3, 0.4) is 0 Å². The number of Topliss-reactive ketones (excluding diaryl/α,β-unsaturated/α-hetero) is 1. The van der Waals surface area contributed by atoms with Crippen LogP contribution >= 0.6 is 0 Å². The third-order valence-corrected chi connectivity index (χ3v) is 4.89. The van der Waals surface area contributed by atoms with Gasteiger partial charge in [-0.3, -0.25) is 14.5 Å². The van der Waals surface area contributed by atoms with Gasteiger partial charge in [-0.2, -0.15) is 0 Å². The number of ether oxygens (including phenoxy) is 1. The zero-order valence-electron chi connectivity index (χ0n) is 15.7. The van der Waals surface area contributed by atoms with Gasteiger partial charge in [0.25, 0.3) is 5.91 Å². The Kier molecular flexibility index (Phi) is 5.44. The van der Waals surface area contributed by atoms with E-state index in [0.29, 0.717) is 12.8 Å². The van der Waals surface area contributed by atoms with Crippen molar-refractivity contribution >= 4 is 17.7 Å². The highest BCUT2D eigenvalue weighted by atomic mass is 19.1. The summed E-state index contributed by atoms with van der Waals surface area (Å²) in [7, 11) is 1.59. The molecule has 0 aliphatic carbocycles. The molecule has 146 valence electrons. The number of nitrogens with zero attached hydrogens (tertiary/aromatic N) is 1. The van der Waals surface area contributed by atoms with Gasteiger partial charge >= 0.3 is 6.03 Å². The summed E-state index contributed by atoms with van der Waals surface area (Å²) in [6.45, 7) is 1.27. The standard InChI is InChI=1S/C21H21FN2O4/c1-21(12-11-14-3-9-17(28-2)10-4-14)19(26)24(20(27)23-21)13-18(25)15-5-7-16(22)8-6-15/h3-10H,11-13H2,1-2H3,(H,23,27)/t21-/m1/s1. The van der Waals surface area contributed by atoms with Crippen LogP contribution in [0.2, 0.25) is 0 Å². The lowest BCUT2D eigenvalue weighted by Gasteiger charge is -2.21. The summed E-state index contributed by atoms with van der Waals surface area (Å²) in [5.74, 6) is -0.590. The van der Waals surface area contributed by atoms with E-state index in [1.54, 1.807) is 14.0 Å². The van der Waals surface area contributed by atoms with Crippen molar-refractivity contribution in [2.45, 2.75) is 25.3 Å². The van der Waals surface area contributed by atoms with Crippen molar-refractivity contribution in [3.63, 3.8) is 0 Å². The van der Waals surface area contributed by atoms with Crippen LogP contribution in [-0.2, 0) is 11.2 Å². The lowest BCUT2D eigenvalue weighted by molar-refractivity contribution is -0.130. The van der Waals surface area contributed by atoms with Gasteiger partial charge in [0.15, 0.2) is 5.78 Å². The van der Waals surface area contributed by atoms with Crippen LogP contribution in [0, 0.1) is 5.82 Å². The smallest absolute Gasteiger partial charge is 0.325 e. The van der Waals surface area contributed by atoms with Gasteiger partial charge in [-0.1, -0.05) is 12.1 Å². The van der Waals surface area contributed by atoms with Crippen molar-refractivity contribution in [1.29, 1.82) is 0 Å². The Morgan fingerprint density at radius 2 is 1.75 bits per heavy atom. The van der Waals surface area contributed by atoms with Crippen LogP contribution in [0.5, 0.6) is 5.75 Å². The highest BCUT2D eigenvalue weighted by Gasteiger charge is 2.47. The fraction of sp³-hybridized carbons (Fsp3) is 0.286. The van der Waals surface area contributed by atoms with Gasteiger partial charge in [0.05, 0.1) is 13.7 Å². The Morgan fingerprint density at radius 3 is 2.36 bits per heavy atom. The minimum atomic E-state index is -1.08. The van der Waals surface area contributed by atoms with Crippen LogP contribution in [0.15, 0.2) is 48.5 Å². The molecule has 1 aliphatic rings. The average Bonchev–Trinajstić information content (AvgIpc) is 2.90. The van der Waals surface area contributed by atoms with Crippen LogP contribution in [0.1, 0.15) is 29.3 Å². The van der Waals surface area contributed by atoms with Gasteiger partial charge < -0.3 is 10.1 Å². The van der Waals surface area contributed by atoms with Crippen molar-refractivity contribution in [2.75, 3.05) is 13.7 Å². The van der Waals surface area contributed by atoms with Crippen molar-refractivity contribution < 1.29 is 23.5 Å². The first-order valence-electron chi connectivity index (χ1n) is 8.88. The molecule has 7 heteroatoms. The topological polar surface area (TPSA) is 75.7 Å². The second kappa shape index (κ2) is 7.80. The Labute approximate surface area is 162 Å². The molecule has 3 amide bonds. The third-order valence-electron chi connectivity index (χ3n) is 4.89. The lowest BCUT2D eigenvalue weighted by atomic mass is 9.93. The van der Waals surface area contributed by atoms with Crippen molar-refractivity contribution in [2.24, 2.45) is 0 Å². The van der Waals surface area contributed by atoms with E-state index >= 15 is 0 Å². The maximum atomic E-state index is 13.0. The molecule has 0 bridgehead atoms. The van der Waals surface area contributed by atoms with Gasteiger partial charge in [0.1, 0.15) is 17.1 Å². The zero-order chi connectivity index (χ0) is 20.3. The third kappa shape index (κ3) is 4.03. The van der Waals surface area contributed by atoms with Crippen molar-refractivity contribution in [1.82, 2.24) is 10.2 Å². The molecule has 1 heterocycles. The predicted molar refractivity (Wildman–Crippen MR) is 101 cm³/mol. The molecule has 1 fully saturated rings. The number of amides is 3. The second-order valence-electron chi connectivity index (χ2n) is 6.93. The first-order chi connectivity index (χ1) is 13.3. The van der Waals surface area contributed by atoms with E-state index in [1.807, 2.05) is 24.3 Å². The van der Waals surface area contributed by atoms with Crippen LogP contribution in [-0.4, -0.2) is 41.8 Å². The molecule has 3 rings (SSSR count). The van der Waals surface area contributed by atoms with Gasteiger partial charge in [0, 0.05) is 5.56 Å². The molecule has 2 aromatic rings. The van der Waals surface area contributed by atoms with E-state index in [1.165, 1.54) is 12.1 Å². The van der Waals surface area contributed by atoms with Crippen LogP contribution < -0.4 is 10.1 Å². The van der Waals surface area contributed by atoms with Crippen molar-refractivity contribution in [3.8, 4) is 5.75 Å². The summed E-state index contributed by atoms with van der Waals surface area (Å²) in [6.07, 6.45) is 0.970. The number of hydrogen-bond acceptors (Lipinski definition) is 4. The summed E-state index contributed by atoms with van der Waals surface area (Å²) in [5, 5.41) is 2.69. The van der Waals surface area contributed by atoms with Gasteiger partial charge in [0.2, 0.25) is 0 Å². The van der Waals surface area contributed by atoms with E-state index in [0.717, 1.165) is 28.3 Å². The van der Waals surface area contributed by atoms with Crippen molar-refractivity contribution in [3.05, 3.63) is 65.5 Å². The lowest BCUT2D eigenvalue weighted by Crippen LogP contribution is -2.44. The number of carbonyl (C=O) groups excluding carboxylic acids is 3. The van der Waals surface area contributed by atoms with Crippen LogP contribution in [0.25, 0.3) is 0 Å². The number of methoxy groups -OCH3 is 1. The summed E-state index contributed by atoms with van der Waals surface area (Å²) in [4.78, 5) is 38.3. The molecule has 0 radical (unpaired) electrons. The predicted octanol–water partition coefficient (Wildman–Crippen LogP) is 2.96. The fourth-order valence-corrected chi connectivity index (χ4v) is 3.12. The average molecular weight is 384 g/mol. The van der Waals surface area contributed by atoms with Crippen LogP contribution in [0.4, 0.5) is 9.18 Å². The number of urea groups is 1. The molecule has 1 saturated heterocycles. The maximum absolute atomic E-state index is 13.0. The Bertz CT molecular complexity index is 896. The van der Waals surface area contributed by atoms with E-state index in [-0.39, 0.29) is 12.1 Å². The maximum Gasteiger partial charge on any atom is 0.325 e. The summed E-state index contributed by atoms with van der Waals surface area (Å²) < 4.78 is 18.1. The first-order valence-corrected chi connectivity index (χ1v) is 8.88. The first kappa shape index (κ1) is 19.5. The summed E-state index contributed by atoms with van der Waals surface area (Å²) >= 11 is 0. The number of halogens is 1. The SMILES string of the molecule is COc1ccc(CC[C@@]2(C)NC(=O)N(CC(=O)c3ccc(F)cc3)C2=O)cc1. The van der Waals surface area contributed by atoms with E-state index < -0.39 is 29.1 Å². The molecule has 0 unspecified atom stereocenters. The second-order valence-corrected chi connectivity index (χ2v) is 6.93. The van der Waals surface area contributed by atoms with Gasteiger partial charge in [-0.05, 0) is 61.7 Å². The monoisotopic (exact) mass is 384 g/mol. The number of hydrogen-bond donors (Lipinski definition) is 1. The Morgan fingerprint density at radius 1 is 1.11 bits per heavy atom. The molecule has 1 aliphatic heterocycles. The summed E-state index contributed by atoms with van der Waals surface area (Å²) in [6, 6.07) is 11.9. The van der Waals surface area contributed by atoms with E-state index in [2.05, 4.69) is 5.32 Å². The molecule has 1 N–H and O–H groups in total. The number of carbonyl (C=O) groups is 3. The molecule has 2 aromatic carbocycles. The number of nitrogens with one attached hydrogen (secondary N) is 1. The Hall–Kier alpha value is -3.22. The normalized spacial score (nSPS) is 18.9. The van der Waals surface area contributed by atoms with E-state index in [9.17, 15) is 18.8 Å². The Balaban J connectivity index is 1.65. The molecule has 6 nitrogen and oxygen atoms in total. The number of imide groups is 1. The highest BCUT2D eigenvalue weighted by Crippen LogP contribution is 2.24. The quantitative estimate of drug-likeness (QED) is 0.588. The van der Waals surface area contributed by atoms with Gasteiger partial charge in [-0.25, -0.2) is 9.18 Å². The number of ketones is 1. The number of aryl methyl sites for hydroxylation is 1. The number of rotatable bonds is 7. The zero-order valence-corrected chi connectivity index (χ0v) is 15.7. The van der Waals surface area contributed by atoms with E-state index in [4.69, 9.17) is 4.74 Å². The molecule has 0 saturated carbocycles. The number of benzene rings is 2. The highest BCUT2D eigenvalue weighted by molar-refractivity contribution is 6.11. The minimum Gasteiger partial charge on any atom is -0.497 e. The fourth-order valence-electron chi connectivity index (χ4n) is 3.12. The molecule has 0 aromatic heterocycles. The minimum absolute atomic E-state index is 0.244. The molecule has 0 spiro atoms. The van der Waals surface area contributed by atoms with Gasteiger partial charge in [-0.15, -0.1) is 0 Å². The molecular weight excluding hydrogens is 363 g/mol. The molecule has 28 heavy (non-hydrogen) atoms. The molecule has 1 atom stereocenters. The molecular formula is C21H21FN2O4. The summed E-state index contributed by atoms with van der Waals surface area (Å²) in [5.41, 5.74) is 0.166.